The second-order valence-electron chi connectivity index (χ2n) is 10.9. The lowest BCUT2D eigenvalue weighted by Crippen LogP contribution is -1.83. The summed E-state index contributed by atoms with van der Waals surface area (Å²) in [5.74, 6) is 0. The molecule has 0 saturated heterocycles. The van der Waals surface area contributed by atoms with Gasteiger partial charge in [0.25, 0.3) is 0 Å². The molecule has 0 N–H and O–H groups in total. The van der Waals surface area contributed by atoms with E-state index in [1.807, 2.05) is 0 Å². The maximum atomic E-state index is 2.44. The van der Waals surface area contributed by atoms with E-state index in [-0.39, 0.29) is 0 Å². The molecule has 0 aliphatic heterocycles. The summed E-state index contributed by atoms with van der Waals surface area (Å²) in [6.45, 7) is 4.59. The molecule has 34 heavy (non-hydrogen) atoms. The first-order chi connectivity index (χ1) is 16.9. The summed E-state index contributed by atoms with van der Waals surface area (Å²) in [4.78, 5) is 0. The van der Waals surface area contributed by atoms with Gasteiger partial charge in [-0.25, -0.2) is 0 Å². The maximum absolute atomic E-state index is 2.44. The van der Waals surface area contributed by atoms with Crippen molar-refractivity contribution in [3.8, 4) is 0 Å². The van der Waals surface area contributed by atoms with Crippen LogP contribution in [0.5, 0.6) is 0 Å². The molecule has 0 amide bonds. The van der Waals surface area contributed by atoms with Crippen LogP contribution in [0.1, 0.15) is 194 Å². The molecular weight excluding hydrogens is 408 g/mol. The largest absolute Gasteiger partial charge is 0.0885 e. The second kappa shape index (κ2) is 32.5. The van der Waals surface area contributed by atoms with Gasteiger partial charge in [-0.1, -0.05) is 167 Å². The van der Waals surface area contributed by atoms with Crippen LogP contribution in [0.25, 0.3) is 0 Å². The number of hydrogen-bond acceptors (Lipinski definition) is 0. The summed E-state index contributed by atoms with van der Waals surface area (Å²) in [5.41, 5.74) is 0. The normalized spacial score (nSPS) is 11.9. The fraction of sp³-hybridized carbons (Fsp3) is 0.882. The zero-order valence-corrected chi connectivity index (χ0v) is 24.1. The average Bonchev–Trinajstić information content (AvgIpc) is 2.85. The van der Waals surface area contributed by atoms with Crippen molar-refractivity contribution in [1.82, 2.24) is 0 Å². The lowest BCUT2D eigenvalue weighted by Gasteiger charge is -2.02. The van der Waals surface area contributed by atoms with Gasteiger partial charge in [0.1, 0.15) is 0 Å². The predicted molar refractivity (Wildman–Crippen MR) is 159 cm³/mol. The summed E-state index contributed by atoms with van der Waals surface area (Å²) in [6.07, 6.45) is 49.4. The van der Waals surface area contributed by atoms with Crippen LogP contribution in [0, 0.1) is 0 Å². The smallest absolute Gasteiger partial charge is 0.0351 e. The summed E-state index contributed by atoms with van der Waals surface area (Å²) >= 11 is 0. The fourth-order valence-electron chi connectivity index (χ4n) is 4.85. The van der Waals surface area contributed by atoms with Gasteiger partial charge in [-0.3, -0.25) is 0 Å². The highest BCUT2D eigenvalue weighted by molar-refractivity contribution is 4.82. The second-order valence-corrected chi connectivity index (χ2v) is 10.9. The van der Waals surface area contributed by atoms with Crippen LogP contribution in [0.3, 0.4) is 0 Å². The molecule has 0 aliphatic rings. The Morgan fingerprint density at radius 3 is 0.618 bits per heavy atom. The summed E-state index contributed by atoms with van der Waals surface area (Å²) in [7, 11) is 0. The van der Waals surface area contributed by atoms with E-state index in [0.717, 1.165) is 0 Å². The van der Waals surface area contributed by atoms with Crippen LogP contribution in [-0.2, 0) is 0 Å². The molecule has 0 aromatic heterocycles. The molecule has 0 rings (SSSR count). The van der Waals surface area contributed by atoms with Gasteiger partial charge in [-0.2, -0.15) is 0 Å². The lowest BCUT2D eigenvalue weighted by molar-refractivity contribution is 0.542. The third kappa shape index (κ3) is 31.5. The van der Waals surface area contributed by atoms with Gasteiger partial charge in [0.05, 0.1) is 0 Å². The Morgan fingerprint density at radius 1 is 0.235 bits per heavy atom. The Kier molecular flexibility index (Phi) is 32.0. The molecule has 0 radical (unpaired) electrons. The molecule has 0 saturated carbocycles. The first-order valence-electron chi connectivity index (χ1n) is 16.2. The monoisotopic (exact) mass is 475 g/mol. The van der Waals surface area contributed by atoms with Gasteiger partial charge in [-0.05, 0) is 51.4 Å². The van der Waals surface area contributed by atoms with Crippen LogP contribution in [-0.4, -0.2) is 0 Å². The minimum absolute atomic E-state index is 1.31. The van der Waals surface area contributed by atoms with Crippen LogP contribution in [0.15, 0.2) is 24.3 Å². The minimum atomic E-state index is 1.31. The Balaban J connectivity index is 3.10. The highest BCUT2D eigenvalue weighted by Gasteiger charge is 1.94. The first kappa shape index (κ1) is 33.5. The van der Waals surface area contributed by atoms with E-state index in [2.05, 4.69) is 38.2 Å². The Bertz CT molecular complexity index is 353. The van der Waals surface area contributed by atoms with Gasteiger partial charge >= 0.3 is 0 Å². The van der Waals surface area contributed by atoms with Gasteiger partial charge in [0.2, 0.25) is 0 Å². The zero-order chi connectivity index (χ0) is 24.6. The van der Waals surface area contributed by atoms with E-state index in [1.165, 1.54) is 180 Å². The van der Waals surface area contributed by atoms with Gasteiger partial charge in [-0.15, -0.1) is 0 Å². The van der Waals surface area contributed by atoms with Crippen molar-refractivity contribution in [2.75, 3.05) is 0 Å². The number of unbranched alkanes of at least 4 members (excludes halogenated alkanes) is 25. The van der Waals surface area contributed by atoms with E-state index >= 15 is 0 Å². The summed E-state index contributed by atoms with van der Waals surface area (Å²) in [6, 6.07) is 0. The summed E-state index contributed by atoms with van der Waals surface area (Å²) < 4.78 is 0. The van der Waals surface area contributed by atoms with E-state index < -0.39 is 0 Å². The lowest BCUT2D eigenvalue weighted by atomic mass is 10.0. The Labute approximate surface area is 217 Å². The molecule has 0 unspecified atom stereocenters. The molecule has 0 atom stereocenters. The average molecular weight is 475 g/mol. The molecular formula is C34H66. The Morgan fingerprint density at radius 2 is 0.412 bits per heavy atom. The van der Waals surface area contributed by atoms with Crippen molar-refractivity contribution >= 4 is 0 Å². The quantitative estimate of drug-likeness (QED) is 0.0746. The van der Waals surface area contributed by atoms with E-state index in [1.54, 1.807) is 0 Å². The van der Waals surface area contributed by atoms with Crippen LogP contribution in [0.4, 0.5) is 0 Å². The van der Waals surface area contributed by atoms with Gasteiger partial charge < -0.3 is 0 Å². The van der Waals surface area contributed by atoms with E-state index in [4.69, 9.17) is 0 Å². The maximum Gasteiger partial charge on any atom is -0.0351 e. The molecule has 0 heterocycles. The molecule has 0 aromatic rings. The molecule has 0 spiro atoms. The van der Waals surface area contributed by atoms with Crippen molar-refractivity contribution < 1.29 is 0 Å². The van der Waals surface area contributed by atoms with Crippen molar-refractivity contribution in [3.63, 3.8) is 0 Å². The van der Waals surface area contributed by atoms with Crippen LogP contribution < -0.4 is 0 Å². The van der Waals surface area contributed by atoms with E-state index in [9.17, 15) is 0 Å². The third-order valence-corrected chi connectivity index (χ3v) is 7.27. The molecule has 0 fully saturated rings. The molecule has 202 valence electrons. The van der Waals surface area contributed by atoms with Crippen LogP contribution in [0.2, 0.25) is 0 Å². The van der Waals surface area contributed by atoms with Crippen molar-refractivity contribution in [3.05, 3.63) is 24.3 Å². The SMILES string of the molecule is CCCCCCCC/C=C\CCCCCCCCCCCCCC/C=C\CCCCCCCC. The van der Waals surface area contributed by atoms with Crippen LogP contribution >= 0.6 is 0 Å². The van der Waals surface area contributed by atoms with Crippen molar-refractivity contribution in [2.45, 2.75) is 194 Å². The standard InChI is InChI=1S/C34H66/c1-3-5-7-9-11-13-15-17-19-21-23-25-27-29-31-33-34-32-30-28-26-24-22-20-18-16-14-12-10-8-6-4-2/h17-20H,3-16,21-34H2,1-2H3/b19-17-,20-18-. The highest BCUT2D eigenvalue weighted by Crippen LogP contribution is 2.14. The van der Waals surface area contributed by atoms with E-state index in [0.29, 0.717) is 0 Å². The van der Waals surface area contributed by atoms with Crippen molar-refractivity contribution in [2.24, 2.45) is 0 Å². The highest BCUT2D eigenvalue weighted by atomic mass is 14.0. The first-order valence-corrected chi connectivity index (χ1v) is 16.2. The molecule has 0 bridgehead atoms. The number of hydrogen-bond donors (Lipinski definition) is 0. The van der Waals surface area contributed by atoms with Gasteiger partial charge in [0.15, 0.2) is 0 Å². The van der Waals surface area contributed by atoms with Crippen molar-refractivity contribution in [1.29, 1.82) is 0 Å². The molecule has 0 nitrogen and oxygen atoms in total. The predicted octanol–water partition coefficient (Wildman–Crippen LogP) is 13.1. The molecule has 0 aliphatic carbocycles. The molecule has 0 aromatic carbocycles. The number of allylic oxidation sites excluding steroid dienone is 4. The third-order valence-electron chi connectivity index (χ3n) is 7.27. The minimum Gasteiger partial charge on any atom is -0.0885 e. The van der Waals surface area contributed by atoms with Gasteiger partial charge in [0, 0.05) is 0 Å². The number of rotatable bonds is 29. The topological polar surface area (TPSA) is 0 Å². The zero-order valence-electron chi connectivity index (χ0n) is 24.1. The summed E-state index contributed by atoms with van der Waals surface area (Å²) in [5, 5.41) is 0. The fourth-order valence-corrected chi connectivity index (χ4v) is 4.85. The Hall–Kier alpha value is -0.520. The molecule has 0 heteroatoms.